The number of aryl methyl sites for hydroxylation is 2. The Labute approximate surface area is 157 Å². The van der Waals surface area contributed by atoms with Crippen molar-refractivity contribution in [1.29, 1.82) is 0 Å². The van der Waals surface area contributed by atoms with Crippen LogP contribution in [0.5, 0.6) is 5.75 Å². The van der Waals surface area contributed by atoms with E-state index in [9.17, 15) is 13.6 Å². The van der Waals surface area contributed by atoms with Crippen molar-refractivity contribution in [1.82, 2.24) is 20.0 Å². The molecule has 146 valence electrons. The summed E-state index contributed by atoms with van der Waals surface area (Å²) >= 11 is 0. The van der Waals surface area contributed by atoms with Crippen molar-refractivity contribution in [3.8, 4) is 5.75 Å². The van der Waals surface area contributed by atoms with E-state index in [0.717, 1.165) is 17.3 Å². The molecular formula is C19H24F2N4O2. The summed E-state index contributed by atoms with van der Waals surface area (Å²) in [5.74, 6) is -1.31. The van der Waals surface area contributed by atoms with Crippen LogP contribution in [0.25, 0.3) is 0 Å². The summed E-state index contributed by atoms with van der Waals surface area (Å²) in [6.45, 7) is 4.86. The van der Waals surface area contributed by atoms with Crippen LogP contribution in [0.1, 0.15) is 37.1 Å². The van der Waals surface area contributed by atoms with Crippen LogP contribution >= 0.6 is 0 Å². The van der Waals surface area contributed by atoms with Gasteiger partial charge in [-0.05, 0) is 26.0 Å². The molecule has 0 saturated carbocycles. The molecule has 1 saturated heterocycles. The third-order valence-electron chi connectivity index (χ3n) is 4.77. The number of likely N-dealkylation sites (tertiary alicyclic amines) is 1. The molecule has 1 aromatic carbocycles. The highest BCUT2D eigenvalue weighted by Gasteiger charge is 2.26. The lowest BCUT2D eigenvalue weighted by Gasteiger charge is -2.33. The van der Waals surface area contributed by atoms with Crippen molar-refractivity contribution in [3.05, 3.63) is 47.3 Å². The monoisotopic (exact) mass is 378 g/mol. The molecule has 1 atom stereocenters. The second-order valence-electron chi connectivity index (χ2n) is 6.89. The molecule has 0 spiro atoms. The van der Waals surface area contributed by atoms with Crippen LogP contribution in [0.4, 0.5) is 13.6 Å². The van der Waals surface area contributed by atoms with Crippen molar-refractivity contribution in [2.75, 3.05) is 13.1 Å². The molecule has 3 rings (SSSR count). The van der Waals surface area contributed by atoms with Gasteiger partial charge in [-0.15, -0.1) is 0 Å². The summed E-state index contributed by atoms with van der Waals surface area (Å²) < 4.78 is 34.0. The van der Waals surface area contributed by atoms with E-state index in [1.54, 1.807) is 9.58 Å². The van der Waals surface area contributed by atoms with Crippen LogP contribution in [0.3, 0.4) is 0 Å². The van der Waals surface area contributed by atoms with Crippen LogP contribution in [-0.2, 0) is 7.05 Å². The number of halogens is 2. The second kappa shape index (κ2) is 7.94. The summed E-state index contributed by atoms with van der Waals surface area (Å²) in [4.78, 5) is 14.2. The molecule has 6 nitrogen and oxygen atoms in total. The predicted molar refractivity (Wildman–Crippen MR) is 96.5 cm³/mol. The van der Waals surface area contributed by atoms with Gasteiger partial charge in [-0.25, -0.2) is 13.6 Å². The number of carbonyl (C=O) groups is 1. The molecule has 0 bridgehead atoms. The van der Waals surface area contributed by atoms with E-state index in [4.69, 9.17) is 4.74 Å². The summed E-state index contributed by atoms with van der Waals surface area (Å²) in [6, 6.07) is 2.98. The minimum atomic E-state index is -0.712. The van der Waals surface area contributed by atoms with Gasteiger partial charge in [0.25, 0.3) is 0 Å². The summed E-state index contributed by atoms with van der Waals surface area (Å²) in [7, 11) is 1.85. The summed E-state index contributed by atoms with van der Waals surface area (Å²) in [6.07, 6.45) is 2.87. The van der Waals surface area contributed by atoms with E-state index in [1.165, 1.54) is 12.1 Å². The van der Waals surface area contributed by atoms with Crippen LogP contribution < -0.4 is 10.1 Å². The number of hydrogen-bond acceptors (Lipinski definition) is 3. The minimum absolute atomic E-state index is 0.0416. The number of piperidine rings is 1. The lowest BCUT2D eigenvalue weighted by atomic mass is 10.1. The highest BCUT2D eigenvalue weighted by atomic mass is 19.1. The molecule has 2 amide bonds. The molecule has 1 fully saturated rings. The van der Waals surface area contributed by atoms with E-state index < -0.39 is 11.6 Å². The van der Waals surface area contributed by atoms with Crippen molar-refractivity contribution >= 4 is 6.03 Å². The van der Waals surface area contributed by atoms with E-state index >= 15 is 0 Å². The lowest BCUT2D eigenvalue weighted by molar-refractivity contribution is 0.106. The SMILES string of the molecule is Cc1nn(C)cc1C(C)NC(=O)N1CCC(Oc2ccc(F)cc2F)CC1. The molecule has 1 aromatic heterocycles. The fourth-order valence-corrected chi connectivity index (χ4v) is 3.32. The van der Waals surface area contributed by atoms with Gasteiger partial charge in [-0.1, -0.05) is 0 Å². The molecule has 0 aliphatic carbocycles. The third kappa shape index (κ3) is 4.56. The van der Waals surface area contributed by atoms with Gasteiger partial charge in [0.2, 0.25) is 0 Å². The zero-order valence-corrected chi connectivity index (χ0v) is 15.7. The number of urea groups is 1. The molecule has 1 N–H and O–H groups in total. The molecule has 2 heterocycles. The fourth-order valence-electron chi connectivity index (χ4n) is 3.32. The average Bonchev–Trinajstić information content (AvgIpc) is 2.96. The van der Waals surface area contributed by atoms with Crippen molar-refractivity contribution in [2.45, 2.75) is 38.8 Å². The van der Waals surface area contributed by atoms with E-state index in [0.29, 0.717) is 25.9 Å². The molecule has 1 aliphatic rings. The Bertz CT molecular complexity index is 816. The maximum atomic E-state index is 13.7. The molecule has 1 aliphatic heterocycles. The van der Waals surface area contributed by atoms with E-state index in [1.807, 2.05) is 27.1 Å². The molecular weight excluding hydrogens is 354 g/mol. The van der Waals surface area contributed by atoms with Gasteiger partial charge >= 0.3 is 6.03 Å². The summed E-state index contributed by atoms with van der Waals surface area (Å²) in [5, 5.41) is 7.29. The number of ether oxygens (including phenoxy) is 1. The molecule has 1 unspecified atom stereocenters. The molecule has 2 aromatic rings. The topological polar surface area (TPSA) is 59.4 Å². The Morgan fingerprint density at radius 2 is 2.04 bits per heavy atom. The predicted octanol–water partition coefficient (Wildman–Crippen LogP) is 3.32. The highest BCUT2D eigenvalue weighted by Crippen LogP contribution is 2.23. The number of benzene rings is 1. The quantitative estimate of drug-likeness (QED) is 0.888. The van der Waals surface area contributed by atoms with Crippen LogP contribution in [0, 0.1) is 18.6 Å². The standard InChI is InChI=1S/C19H24F2N4O2/c1-12(16-11-24(3)23-13(16)2)22-19(26)25-8-6-15(7-9-25)27-18-5-4-14(20)10-17(18)21/h4-5,10-12,15H,6-9H2,1-3H3,(H,22,26). The first-order valence-electron chi connectivity index (χ1n) is 9.00. The number of hydrogen-bond donors (Lipinski definition) is 1. The van der Waals surface area contributed by atoms with Gasteiger partial charge in [-0.2, -0.15) is 5.10 Å². The van der Waals surface area contributed by atoms with Crippen LogP contribution in [0.2, 0.25) is 0 Å². The van der Waals surface area contributed by atoms with E-state index in [2.05, 4.69) is 10.4 Å². The number of carbonyl (C=O) groups excluding carboxylic acids is 1. The highest BCUT2D eigenvalue weighted by molar-refractivity contribution is 5.74. The van der Waals surface area contributed by atoms with Gasteiger partial charge in [0, 0.05) is 50.8 Å². The number of nitrogens with zero attached hydrogens (tertiary/aromatic N) is 3. The van der Waals surface area contributed by atoms with Gasteiger partial charge < -0.3 is 15.0 Å². The fraction of sp³-hybridized carbons (Fsp3) is 0.474. The summed E-state index contributed by atoms with van der Waals surface area (Å²) in [5.41, 5.74) is 1.87. The third-order valence-corrected chi connectivity index (χ3v) is 4.77. The Balaban J connectivity index is 1.51. The van der Waals surface area contributed by atoms with Gasteiger partial charge in [0.15, 0.2) is 11.6 Å². The van der Waals surface area contributed by atoms with Crippen LogP contribution in [0.15, 0.2) is 24.4 Å². The average molecular weight is 378 g/mol. The second-order valence-corrected chi connectivity index (χ2v) is 6.89. The van der Waals surface area contributed by atoms with E-state index in [-0.39, 0.29) is 23.9 Å². The van der Waals surface area contributed by atoms with Gasteiger partial charge in [-0.3, -0.25) is 4.68 Å². The van der Waals surface area contributed by atoms with Crippen molar-refractivity contribution in [2.24, 2.45) is 7.05 Å². The van der Waals surface area contributed by atoms with Crippen molar-refractivity contribution in [3.63, 3.8) is 0 Å². The van der Waals surface area contributed by atoms with Crippen LogP contribution in [-0.4, -0.2) is 39.9 Å². The normalized spacial score (nSPS) is 16.3. The number of rotatable bonds is 4. The molecule has 8 heteroatoms. The first-order valence-corrected chi connectivity index (χ1v) is 9.00. The Hall–Kier alpha value is -2.64. The first-order chi connectivity index (χ1) is 12.8. The molecule has 27 heavy (non-hydrogen) atoms. The van der Waals surface area contributed by atoms with Crippen molar-refractivity contribution < 1.29 is 18.3 Å². The minimum Gasteiger partial charge on any atom is -0.487 e. The zero-order valence-electron chi connectivity index (χ0n) is 15.7. The first kappa shape index (κ1) is 19.1. The Kier molecular flexibility index (Phi) is 5.62. The van der Waals surface area contributed by atoms with Gasteiger partial charge in [0.05, 0.1) is 11.7 Å². The number of aromatic nitrogens is 2. The smallest absolute Gasteiger partial charge is 0.317 e. The molecule has 0 radical (unpaired) electrons. The van der Waals surface area contributed by atoms with Gasteiger partial charge in [0.1, 0.15) is 11.9 Å². The zero-order chi connectivity index (χ0) is 19.6. The number of nitrogens with one attached hydrogen (secondary N) is 1. The largest absolute Gasteiger partial charge is 0.487 e. The Morgan fingerprint density at radius 1 is 1.33 bits per heavy atom. The Morgan fingerprint density at radius 3 is 2.63 bits per heavy atom. The lowest BCUT2D eigenvalue weighted by Crippen LogP contribution is -2.47. The maximum absolute atomic E-state index is 13.7. The maximum Gasteiger partial charge on any atom is 0.317 e. The number of amides is 2.